The number of benzene rings is 1. The average molecular weight is 260 g/mol. The Morgan fingerprint density at radius 3 is 2.84 bits per heavy atom. The van der Waals surface area contributed by atoms with E-state index in [1.807, 2.05) is 13.1 Å². The number of aromatic nitrogens is 1. The van der Waals surface area contributed by atoms with Crippen LogP contribution in [-0.2, 0) is 6.54 Å². The Balaban J connectivity index is 1.88. The molecule has 0 fully saturated rings. The first-order valence-electron chi connectivity index (χ1n) is 6.95. The Hall–Kier alpha value is -1.32. The molecule has 0 amide bonds. The van der Waals surface area contributed by atoms with E-state index in [9.17, 15) is 5.11 Å². The summed E-state index contributed by atoms with van der Waals surface area (Å²) in [6.45, 7) is 7.56. The zero-order chi connectivity index (χ0) is 13.9. The lowest BCUT2D eigenvalue weighted by molar-refractivity contribution is 0.0383. The van der Waals surface area contributed by atoms with Crippen LogP contribution in [-0.4, -0.2) is 22.2 Å². The van der Waals surface area contributed by atoms with E-state index in [1.165, 1.54) is 10.9 Å². The summed E-state index contributed by atoms with van der Waals surface area (Å²) in [7, 11) is 0. The molecule has 104 valence electrons. The highest BCUT2D eigenvalue weighted by Crippen LogP contribution is 2.16. The maximum absolute atomic E-state index is 10.2. The number of fused-ring (bicyclic) bond motifs is 1. The maximum atomic E-state index is 10.2. The SMILES string of the molecule is CC(C)CC(C)(O)CNCc1ccc2cc[nH]c2c1. The van der Waals surface area contributed by atoms with Crippen LogP contribution >= 0.6 is 0 Å². The molecule has 2 aromatic rings. The minimum atomic E-state index is -0.634. The van der Waals surface area contributed by atoms with Crippen LogP contribution in [0.25, 0.3) is 10.9 Å². The zero-order valence-electron chi connectivity index (χ0n) is 12.0. The van der Waals surface area contributed by atoms with Crippen molar-refractivity contribution in [2.24, 2.45) is 5.92 Å². The monoisotopic (exact) mass is 260 g/mol. The predicted molar refractivity (Wildman–Crippen MR) is 80.1 cm³/mol. The Morgan fingerprint density at radius 2 is 2.11 bits per heavy atom. The van der Waals surface area contributed by atoms with Crippen LogP contribution in [0.5, 0.6) is 0 Å². The molecule has 1 aromatic carbocycles. The quantitative estimate of drug-likeness (QED) is 0.747. The Morgan fingerprint density at radius 1 is 1.32 bits per heavy atom. The summed E-state index contributed by atoms with van der Waals surface area (Å²) in [5, 5.41) is 14.8. The molecule has 0 aliphatic rings. The summed E-state index contributed by atoms with van der Waals surface area (Å²) in [5.41, 5.74) is 1.76. The number of hydrogen-bond acceptors (Lipinski definition) is 2. The van der Waals surface area contributed by atoms with E-state index >= 15 is 0 Å². The van der Waals surface area contributed by atoms with Gasteiger partial charge in [-0.3, -0.25) is 0 Å². The van der Waals surface area contributed by atoms with E-state index in [1.54, 1.807) is 0 Å². The molecule has 0 aliphatic heterocycles. The number of hydrogen-bond donors (Lipinski definition) is 3. The molecule has 1 aromatic heterocycles. The number of aliphatic hydroxyl groups is 1. The number of nitrogens with one attached hydrogen (secondary N) is 2. The van der Waals surface area contributed by atoms with Crippen molar-refractivity contribution in [2.45, 2.75) is 39.3 Å². The van der Waals surface area contributed by atoms with Crippen molar-refractivity contribution in [3.63, 3.8) is 0 Å². The average Bonchev–Trinajstić information content (AvgIpc) is 2.74. The van der Waals surface area contributed by atoms with Gasteiger partial charge in [-0.2, -0.15) is 0 Å². The van der Waals surface area contributed by atoms with E-state index in [4.69, 9.17) is 0 Å². The van der Waals surface area contributed by atoms with Crippen molar-refractivity contribution >= 4 is 10.9 Å². The summed E-state index contributed by atoms with van der Waals surface area (Å²) in [6, 6.07) is 8.47. The largest absolute Gasteiger partial charge is 0.389 e. The lowest BCUT2D eigenvalue weighted by atomic mass is 9.94. The van der Waals surface area contributed by atoms with E-state index in [0.29, 0.717) is 12.5 Å². The van der Waals surface area contributed by atoms with Gasteiger partial charge in [0.25, 0.3) is 0 Å². The maximum Gasteiger partial charge on any atom is 0.0746 e. The highest BCUT2D eigenvalue weighted by molar-refractivity contribution is 5.79. The van der Waals surface area contributed by atoms with E-state index in [0.717, 1.165) is 18.5 Å². The molecular formula is C16H24N2O. The molecule has 1 unspecified atom stereocenters. The van der Waals surface area contributed by atoms with Crippen molar-refractivity contribution in [3.8, 4) is 0 Å². The summed E-state index contributed by atoms with van der Waals surface area (Å²) in [5.74, 6) is 0.507. The lowest BCUT2D eigenvalue weighted by Gasteiger charge is -2.25. The van der Waals surface area contributed by atoms with Crippen LogP contribution in [0.3, 0.4) is 0 Å². The van der Waals surface area contributed by atoms with Crippen molar-refractivity contribution in [3.05, 3.63) is 36.0 Å². The van der Waals surface area contributed by atoms with Gasteiger partial charge < -0.3 is 15.4 Å². The molecule has 2 rings (SSSR count). The first kappa shape index (κ1) is 14.1. The van der Waals surface area contributed by atoms with Gasteiger partial charge in [-0.15, -0.1) is 0 Å². The second-order valence-electron chi connectivity index (χ2n) is 6.10. The molecule has 1 atom stereocenters. The van der Waals surface area contributed by atoms with Crippen molar-refractivity contribution < 1.29 is 5.11 Å². The Labute approximate surface area is 115 Å². The third-order valence-electron chi connectivity index (χ3n) is 3.30. The van der Waals surface area contributed by atoms with Crippen LogP contribution in [0.1, 0.15) is 32.8 Å². The second kappa shape index (κ2) is 5.76. The smallest absolute Gasteiger partial charge is 0.0746 e. The molecule has 0 saturated carbocycles. The molecular weight excluding hydrogens is 236 g/mol. The molecule has 3 nitrogen and oxygen atoms in total. The number of H-pyrrole nitrogens is 1. The first-order valence-corrected chi connectivity index (χ1v) is 6.95. The van der Waals surface area contributed by atoms with Crippen LogP contribution in [0.2, 0.25) is 0 Å². The minimum Gasteiger partial charge on any atom is -0.389 e. The molecule has 3 N–H and O–H groups in total. The van der Waals surface area contributed by atoms with Gasteiger partial charge in [0.15, 0.2) is 0 Å². The molecule has 0 bridgehead atoms. The summed E-state index contributed by atoms with van der Waals surface area (Å²) in [6.07, 6.45) is 2.77. The van der Waals surface area contributed by atoms with Gasteiger partial charge in [-0.1, -0.05) is 26.0 Å². The van der Waals surface area contributed by atoms with Gasteiger partial charge in [-0.05, 0) is 42.3 Å². The van der Waals surface area contributed by atoms with Crippen molar-refractivity contribution in [2.75, 3.05) is 6.54 Å². The predicted octanol–water partition coefficient (Wildman–Crippen LogP) is 3.05. The van der Waals surface area contributed by atoms with Gasteiger partial charge in [0, 0.05) is 24.8 Å². The third-order valence-corrected chi connectivity index (χ3v) is 3.30. The highest BCUT2D eigenvalue weighted by atomic mass is 16.3. The van der Waals surface area contributed by atoms with Crippen molar-refractivity contribution in [1.29, 1.82) is 0 Å². The van der Waals surface area contributed by atoms with Gasteiger partial charge >= 0.3 is 0 Å². The fraction of sp³-hybridized carbons (Fsp3) is 0.500. The van der Waals surface area contributed by atoms with Crippen LogP contribution < -0.4 is 5.32 Å². The summed E-state index contributed by atoms with van der Waals surface area (Å²) in [4.78, 5) is 3.22. The van der Waals surface area contributed by atoms with Crippen LogP contribution in [0.4, 0.5) is 0 Å². The van der Waals surface area contributed by atoms with Crippen LogP contribution in [0, 0.1) is 5.92 Å². The second-order valence-corrected chi connectivity index (χ2v) is 6.10. The Bertz CT molecular complexity index is 528. The summed E-state index contributed by atoms with van der Waals surface area (Å²) < 4.78 is 0. The Kier molecular flexibility index (Phi) is 4.27. The first-order chi connectivity index (χ1) is 8.96. The van der Waals surface area contributed by atoms with Gasteiger partial charge in [0.1, 0.15) is 0 Å². The van der Waals surface area contributed by atoms with Gasteiger partial charge in [0.2, 0.25) is 0 Å². The number of rotatable bonds is 6. The van der Waals surface area contributed by atoms with E-state index in [2.05, 4.69) is 48.4 Å². The third kappa shape index (κ3) is 4.08. The molecule has 0 radical (unpaired) electrons. The molecule has 19 heavy (non-hydrogen) atoms. The van der Waals surface area contributed by atoms with Crippen LogP contribution in [0.15, 0.2) is 30.5 Å². The normalized spacial score (nSPS) is 15.0. The fourth-order valence-corrected chi connectivity index (χ4v) is 2.63. The zero-order valence-corrected chi connectivity index (χ0v) is 12.0. The highest BCUT2D eigenvalue weighted by Gasteiger charge is 2.20. The fourth-order valence-electron chi connectivity index (χ4n) is 2.63. The molecule has 0 saturated heterocycles. The number of aromatic amines is 1. The van der Waals surface area contributed by atoms with Crippen molar-refractivity contribution in [1.82, 2.24) is 10.3 Å². The topological polar surface area (TPSA) is 48.0 Å². The lowest BCUT2D eigenvalue weighted by Crippen LogP contribution is -2.38. The minimum absolute atomic E-state index is 0.507. The summed E-state index contributed by atoms with van der Waals surface area (Å²) >= 11 is 0. The molecule has 0 spiro atoms. The standard InChI is InChI=1S/C16H24N2O/c1-12(2)9-16(3,19)11-17-10-13-4-5-14-6-7-18-15(14)8-13/h4-8,12,17-19H,9-11H2,1-3H3. The molecule has 1 heterocycles. The molecule has 3 heteroatoms. The van der Waals surface area contributed by atoms with E-state index < -0.39 is 5.60 Å². The van der Waals surface area contributed by atoms with Gasteiger partial charge in [0.05, 0.1) is 5.60 Å². The molecule has 0 aliphatic carbocycles. The van der Waals surface area contributed by atoms with E-state index in [-0.39, 0.29) is 0 Å². The van der Waals surface area contributed by atoms with Gasteiger partial charge in [-0.25, -0.2) is 0 Å².